The van der Waals surface area contributed by atoms with Gasteiger partial charge < -0.3 is 9.05 Å². The number of fused-ring (bicyclic) bond motifs is 2. The molecule has 0 radical (unpaired) electrons. The maximum absolute atomic E-state index is 13.0. The Labute approximate surface area is 126 Å². The van der Waals surface area contributed by atoms with Gasteiger partial charge in [-0.15, -0.1) is 0 Å². The molecule has 2 unspecified atom stereocenters. The van der Waals surface area contributed by atoms with Gasteiger partial charge in [-0.25, -0.2) is 0 Å². The fraction of sp³-hybridized carbons (Fsp3) is 0.600. The first-order valence-corrected chi connectivity index (χ1v) is 9.09. The van der Waals surface area contributed by atoms with Crippen molar-refractivity contribution in [3.63, 3.8) is 0 Å². The van der Waals surface area contributed by atoms with E-state index in [0.29, 0.717) is 23.6 Å². The predicted octanol–water partition coefficient (Wildman–Crippen LogP) is 5.25. The minimum absolute atomic E-state index is 0.0172. The van der Waals surface area contributed by atoms with E-state index >= 15 is 0 Å². The van der Waals surface area contributed by atoms with Gasteiger partial charge in [-0.3, -0.25) is 4.57 Å². The second-order valence-corrected chi connectivity index (χ2v) is 7.40. The highest BCUT2D eigenvalue weighted by Gasteiger charge is 2.48. The third kappa shape index (κ3) is 2.46. The molecule has 0 saturated heterocycles. The van der Waals surface area contributed by atoms with Crippen LogP contribution < -0.4 is 0 Å². The molecule has 0 spiro atoms. The SMILES string of the molecule is CCOP(=O)(OCC)C1=C(Cl)C2C=CC1/C2=C(/C)CC. The third-order valence-electron chi connectivity index (χ3n) is 3.89. The van der Waals surface area contributed by atoms with Crippen LogP contribution in [0.2, 0.25) is 0 Å². The van der Waals surface area contributed by atoms with E-state index in [1.54, 1.807) is 0 Å². The summed E-state index contributed by atoms with van der Waals surface area (Å²) >= 11 is 6.49. The van der Waals surface area contributed by atoms with Gasteiger partial charge in [0.1, 0.15) is 0 Å². The standard InChI is InChI=1S/C15H22ClO3P/c1-5-10(4)13-11-8-9-12(13)15(14(11)16)20(17,18-6-2)19-7-3/h8-9,11-12H,5-7H2,1-4H3/b13-10-. The highest BCUT2D eigenvalue weighted by molar-refractivity contribution is 7.58. The lowest BCUT2D eigenvalue weighted by Gasteiger charge is -2.22. The molecular formula is C15H22ClO3P. The van der Waals surface area contributed by atoms with E-state index in [1.165, 1.54) is 11.1 Å². The van der Waals surface area contributed by atoms with Crippen LogP contribution in [0, 0.1) is 11.8 Å². The molecule has 2 aliphatic rings. The molecule has 0 N–H and O–H groups in total. The number of allylic oxidation sites excluding steroid dienone is 6. The van der Waals surface area contributed by atoms with E-state index in [2.05, 4.69) is 26.0 Å². The monoisotopic (exact) mass is 316 g/mol. The van der Waals surface area contributed by atoms with Gasteiger partial charge in [-0.2, -0.15) is 0 Å². The van der Waals surface area contributed by atoms with Crippen molar-refractivity contribution in [3.8, 4) is 0 Å². The van der Waals surface area contributed by atoms with E-state index in [9.17, 15) is 4.57 Å². The van der Waals surface area contributed by atoms with Crippen molar-refractivity contribution >= 4 is 19.2 Å². The number of rotatable bonds is 6. The summed E-state index contributed by atoms with van der Waals surface area (Å²) in [6, 6.07) is 0. The van der Waals surface area contributed by atoms with E-state index in [-0.39, 0.29) is 11.8 Å². The van der Waals surface area contributed by atoms with Crippen molar-refractivity contribution in [1.82, 2.24) is 0 Å². The van der Waals surface area contributed by atoms with Crippen LogP contribution in [0.1, 0.15) is 34.1 Å². The number of hydrogen-bond donors (Lipinski definition) is 0. The zero-order valence-corrected chi connectivity index (χ0v) is 14.1. The summed E-state index contributed by atoms with van der Waals surface area (Å²) in [6.45, 7) is 8.56. The zero-order chi connectivity index (χ0) is 14.9. The Kier molecular flexibility index (Phi) is 4.96. The van der Waals surface area contributed by atoms with Crippen LogP contribution in [0.3, 0.4) is 0 Å². The molecule has 0 fully saturated rings. The lowest BCUT2D eigenvalue weighted by molar-refractivity contribution is 0.225. The van der Waals surface area contributed by atoms with Crippen LogP contribution in [0.4, 0.5) is 0 Å². The van der Waals surface area contributed by atoms with E-state index in [4.69, 9.17) is 20.6 Å². The molecule has 2 rings (SSSR count). The molecule has 112 valence electrons. The summed E-state index contributed by atoms with van der Waals surface area (Å²) in [5.41, 5.74) is 2.56. The van der Waals surface area contributed by atoms with Crippen LogP contribution >= 0.6 is 19.2 Å². The van der Waals surface area contributed by atoms with Crippen molar-refractivity contribution in [3.05, 3.63) is 33.6 Å². The molecule has 20 heavy (non-hydrogen) atoms. The topological polar surface area (TPSA) is 35.5 Å². The highest BCUT2D eigenvalue weighted by Crippen LogP contribution is 2.68. The smallest absolute Gasteiger partial charge is 0.306 e. The Hall–Kier alpha value is -0.340. The van der Waals surface area contributed by atoms with Crippen molar-refractivity contribution in [2.75, 3.05) is 13.2 Å². The van der Waals surface area contributed by atoms with Gasteiger partial charge in [0.05, 0.1) is 18.5 Å². The summed E-state index contributed by atoms with van der Waals surface area (Å²) in [6.07, 6.45) is 5.13. The molecule has 5 heteroatoms. The Bertz CT molecular complexity index is 523. The molecule has 0 heterocycles. The number of halogens is 1. The van der Waals surface area contributed by atoms with Gasteiger partial charge >= 0.3 is 7.60 Å². The van der Waals surface area contributed by atoms with Crippen LogP contribution in [0.5, 0.6) is 0 Å². The minimum Gasteiger partial charge on any atom is -0.306 e. The molecule has 2 aliphatic carbocycles. The average Bonchev–Trinajstić information content (AvgIpc) is 2.93. The maximum atomic E-state index is 13.0. The molecule has 0 aromatic heterocycles. The lowest BCUT2D eigenvalue weighted by atomic mass is 9.96. The molecule has 2 bridgehead atoms. The molecule has 3 nitrogen and oxygen atoms in total. The van der Waals surface area contributed by atoms with Crippen molar-refractivity contribution in [2.45, 2.75) is 34.1 Å². The molecule has 2 atom stereocenters. The molecule has 0 saturated carbocycles. The van der Waals surface area contributed by atoms with Crippen LogP contribution in [0.15, 0.2) is 33.6 Å². The van der Waals surface area contributed by atoms with Gasteiger partial charge in [0, 0.05) is 16.9 Å². The van der Waals surface area contributed by atoms with E-state index < -0.39 is 7.60 Å². The summed E-state index contributed by atoms with van der Waals surface area (Å²) in [7, 11) is -3.29. The fourth-order valence-corrected chi connectivity index (χ4v) is 5.56. The summed E-state index contributed by atoms with van der Waals surface area (Å²) in [5, 5.41) is 1.28. The predicted molar refractivity (Wildman–Crippen MR) is 82.8 cm³/mol. The fourth-order valence-electron chi connectivity index (χ4n) is 2.94. The molecule has 0 aliphatic heterocycles. The minimum atomic E-state index is -3.29. The van der Waals surface area contributed by atoms with E-state index in [1.807, 2.05) is 13.8 Å². The summed E-state index contributed by atoms with van der Waals surface area (Å²) < 4.78 is 24.0. The normalized spacial score (nSPS) is 27.6. The summed E-state index contributed by atoms with van der Waals surface area (Å²) in [4.78, 5) is 0. The van der Waals surface area contributed by atoms with Gasteiger partial charge in [0.15, 0.2) is 0 Å². The van der Waals surface area contributed by atoms with Crippen molar-refractivity contribution in [2.24, 2.45) is 11.8 Å². The summed E-state index contributed by atoms with van der Waals surface area (Å²) in [5.74, 6) is 0.0437. The Morgan fingerprint density at radius 3 is 2.25 bits per heavy atom. The Balaban J connectivity index is 2.46. The second-order valence-electron chi connectivity index (χ2n) is 5.00. The first kappa shape index (κ1) is 16.0. The molecule has 0 aromatic carbocycles. The van der Waals surface area contributed by atoms with Gasteiger partial charge in [0.2, 0.25) is 0 Å². The van der Waals surface area contributed by atoms with Crippen LogP contribution in [0.25, 0.3) is 0 Å². The van der Waals surface area contributed by atoms with Crippen LogP contribution in [-0.4, -0.2) is 13.2 Å². The first-order chi connectivity index (χ1) is 9.50. The largest absolute Gasteiger partial charge is 0.359 e. The third-order valence-corrected chi connectivity index (χ3v) is 6.77. The maximum Gasteiger partial charge on any atom is 0.359 e. The van der Waals surface area contributed by atoms with Gasteiger partial charge in [-0.1, -0.05) is 36.2 Å². The van der Waals surface area contributed by atoms with Crippen molar-refractivity contribution in [1.29, 1.82) is 0 Å². The average molecular weight is 317 g/mol. The van der Waals surface area contributed by atoms with Crippen LogP contribution in [-0.2, 0) is 13.6 Å². The number of hydrogen-bond acceptors (Lipinski definition) is 3. The molecule has 0 aromatic rings. The lowest BCUT2D eigenvalue weighted by Crippen LogP contribution is -2.05. The van der Waals surface area contributed by atoms with Gasteiger partial charge in [0.25, 0.3) is 0 Å². The highest BCUT2D eigenvalue weighted by atomic mass is 35.5. The molecule has 0 amide bonds. The molecular weight excluding hydrogens is 295 g/mol. The first-order valence-electron chi connectivity index (χ1n) is 7.17. The zero-order valence-electron chi connectivity index (χ0n) is 12.5. The van der Waals surface area contributed by atoms with E-state index in [0.717, 1.165) is 6.42 Å². The quantitative estimate of drug-likeness (QED) is 0.496. The second kappa shape index (κ2) is 6.19. The van der Waals surface area contributed by atoms with Gasteiger partial charge in [-0.05, 0) is 32.8 Å². The Morgan fingerprint density at radius 2 is 1.75 bits per heavy atom. The van der Waals surface area contributed by atoms with Crippen molar-refractivity contribution < 1.29 is 13.6 Å². The Morgan fingerprint density at radius 1 is 1.20 bits per heavy atom.